The molecule has 0 aliphatic carbocycles. The van der Waals surface area contributed by atoms with Gasteiger partial charge in [-0.25, -0.2) is 0 Å². The Labute approximate surface area is 289 Å². The molecule has 2 aromatic carbocycles. The smallest absolute Gasteiger partial charge is 0.238 e. The number of unbranched alkanes of at least 4 members (excludes halogenated alkanes) is 1. The van der Waals surface area contributed by atoms with Gasteiger partial charge in [-0.2, -0.15) is 0 Å². The van der Waals surface area contributed by atoms with Crippen molar-refractivity contribution >= 4 is 23.0 Å². The Bertz CT molecular complexity index is 1380. The second-order valence-corrected chi connectivity index (χ2v) is 18.1. The second kappa shape index (κ2) is 19.0. The predicted molar refractivity (Wildman–Crippen MR) is 210 cm³/mol. The van der Waals surface area contributed by atoms with Crippen LogP contribution in [-0.2, 0) is 12.8 Å². The van der Waals surface area contributed by atoms with Gasteiger partial charge in [0.15, 0.2) is 0 Å². The van der Waals surface area contributed by atoms with E-state index in [1.54, 1.807) is 0 Å². The third-order valence-corrected chi connectivity index (χ3v) is 7.32. The quantitative estimate of drug-likeness (QED) is 0.134. The van der Waals surface area contributed by atoms with Gasteiger partial charge in [-0.05, 0) is 77.9 Å². The van der Waals surface area contributed by atoms with Crippen LogP contribution in [0.15, 0.2) is 71.5 Å². The lowest BCUT2D eigenvalue weighted by Gasteiger charge is -2.17. The van der Waals surface area contributed by atoms with E-state index in [1.165, 1.54) is 46.1 Å². The van der Waals surface area contributed by atoms with E-state index in [-0.39, 0.29) is 0 Å². The van der Waals surface area contributed by atoms with E-state index in [0.29, 0.717) is 27.5 Å². The van der Waals surface area contributed by atoms with Crippen LogP contribution >= 0.6 is 0 Å². The first-order valence-corrected chi connectivity index (χ1v) is 17.7. The molecule has 1 aliphatic rings. The summed E-state index contributed by atoms with van der Waals surface area (Å²) in [7, 11) is 0. The van der Waals surface area contributed by atoms with Crippen LogP contribution in [0.1, 0.15) is 138 Å². The number of aryl methyl sites for hydroxylation is 1. The molecular formula is C43H71N4+. The minimum atomic E-state index is 0.352. The fourth-order valence-corrected chi connectivity index (χ4v) is 5.22. The maximum atomic E-state index is 5.34. The number of rotatable bonds is 7. The van der Waals surface area contributed by atoms with Crippen molar-refractivity contribution in [1.82, 2.24) is 4.98 Å². The van der Waals surface area contributed by atoms with Crippen LogP contribution in [0.4, 0.5) is 0 Å². The van der Waals surface area contributed by atoms with Crippen molar-refractivity contribution in [1.29, 1.82) is 0 Å². The van der Waals surface area contributed by atoms with Crippen molar-refractivity contribution < 1.29 is 5.41 Å². The second-order valence-electron chi connectivity index (χ2n) is 18.1. The largest absolute Gasteiger partial charge is 0.361 e. The lowest BCUT2D eigenvalue weighted by molar-refractivity contribution is -0.118. The van der Waals surface area contributed by atoms with Gasteiger partial charge >= 0.3 is 0 Å². The van der Waals surface area contributed by atoms with Crippen molar-refractivity contribution in [2.24, 2.45) is 32.4 Å². The molecule has 1 aliphatic heterocycles. The Morgan fingerprint density at radius 3 is 1.81 bits per heavy atom. The molecule has 262 valence electrons. The Balaban J connectivity index is 0.000000316. The maximum absolute atomic E-state index is 5.34. The fraction of sp³-hybridized carbons (Fsp3) is 0.581. The number of aromatic nitrogens is 1. The first-order chi connectivity index (χ1) is 21.5. The van der Waals surface area contributed by atoms with Gasteiger partial charge in [0.05, 0.1) is 0 Å². The molecule has 0 spiro atoms. The van der Waals surface area contributed by atoms with E-state index in [9.17, 15) is 0 Å². The van der Waals surface area contributed by atoms with Crippen molar-refractivity contribution in [3.63, 3.8) is 0 Å². The third kappa shape index (κ3) is 22.1. The molecule has 0 bridgehead atoms. The zero-order valence-electron chi connectivity index (χ0n) is 32.6. The molecule has 0 amide bonds. The molecule has 0 fully saturated rings. The van der Waals surface area contributed by atoms with Gasteiger partial charge in [0.25, 0.3) is 0 Å². The van der Waals surface area contributed by atoms with Crippen molar-refractivity contribution in [2.75, 3.05) is 0 Å². The first-order valence-electron chi connectivity index (χ1n) is 17.7. The highest BCUT2D eigenvalue weighted by atomic mass is 14.7. The van der Waals surface area contributed by atoms with Gasteiger partial charge in [-0.3, -0.25) is 16.1 Å². The van der Waals surface area contributed by atoms with Crippen LogP contribution in [0.2, 0.25) is 0 Å². The van der Waals surface area contributed by atoms with Gasteiger partial charge in [-0.1, -0.05) is 144 Å². The standard InChI is InChI=1S/C13H17N.C12H18.C9H20N2.C9H15N/c1-13(2,3)8-10-9-14-12-7-5-4-6-11(10)12;1-10-5-7-11(8-6-10)9-12(2,3)4;1-9(2,3)7-5-4-6-8(10)11;1-9(2,3)7-8-5-4-6-10-8/h4-7,9,14H,8H2,1-3H3;5-8H,9H2,1-4H3;4-7H2,1-3H3,(H3,10,11);5-6H,4,7H2,1-3H3/p+1. The highest BCUT2D eigenvalue weighted by molar-refractivity contribution is 5.83. The van der Waals surface area contributed by atoms with Gasteiger partial charge in [0.1, 0.15) is 0 Å². The molecule has 4 heteroatoms. The number of H-pyrrole nitrogens is 1. The topological polar surface area (TPSA) is 79.8 Å². The summed E-state index contributed by atoms with van der Waals surface area (Å²) in [5.74, 6) is 0.568. The normalized spacial score (nSPS) is 13.1. The van der Waals surface area contributed by atoms with Crippen LogP contribution in [0.3, 0.4) is 0 Å². The minimum Gasteiger partial charge on any atom is -0.361 e. The van der Waals surface area contributed by atoms with Gasteiger partial charge in [-0.15, -0.1) is 0 Å². The SMILES string of the molecule is CC(C)(C)CC1=CCC=N1.CC(C)(C)CCCCC(N)=[NH2+].CC(C)(C)Cc1c[nH]c2ccccc12.Cc1ccc(CC(C)(C)C)cc1. The van der Waals surface area contributed by atoms with Crippen molar-refractivity contribution in [3.8, 4) is 0 Å². The van der Waals surface area contributed by atoms with Crippen LogP contribution < -0.4 is 11.1 Å². The van der Waals surface area contributed by atoms with E-state index < -0.39 is 0 Å². The number of nitrogens with zero attached hydrogens (tertiary/aromatic N) is 1. The number of hydrogen-bond donors (Lipinski definition) is 3. The fourth-order valence-electron chi connectivity index (χ4n) is 5.22. The molecule has 0 radical (unpaired) electrons. The van der Waals surface area contributed by atoms with Gasteiger partial charge in [0.2, 0.25) is 5.84 Å². The summed E-state index contributed by atoms with van der Waals surface area (Å²) >= 11 is 0. The monoisotopic (exact) mass is 644 g/mol. The number of nitrogens with one attached hydrogen (secondary N) is 1. The average molecular weight is 644 g/mol. The number of fused-ring (bicyclic) bond motifs is 1. The number of allylic oxidation sites excluding steroid dienone is 2. The lowest BCUT2D eigenvalue weighted by atomic mass is 9.88. The van der Waals surface area contributed by atoms with Crippen LogP contribution in [0.5, 0.6) is 0 Å². The van der Waals surface area contributed by atoms with Gasteiger partial charge in [0, 0.05) is 41.9 Å². The zero-order valence-corrected chi connectivity index (χ0v) is 32.6. The number of benzene rings is 2. The molecule has 4 nitrogen and oxygen atoms in total. The van der Waals surface area contributed by atoms with E-state index in [0.717, 1.165) is 38.5 Å². The molecule has 5 N–H and O–H groups in total. The van der Waals surface area contributed by atoms with Crippen molar-refractivity contribution in [3.05, 3.63) is 83.2 Å². The number of aromatic amines is 1. The highest BCUT2D eigenvalue weighted by Crippen LogP contribution is 2.27. The molecule has 2 heterocycles. The molecule has 0 unspecified atom stereocenters. The summed E-state index contributed by atoms with van der Waals surface area (Å²) in [6.45, 7) is 29.2. The molecule has 0 saturated carbocycles. The summed E-state index contributed by atoms with van der Waals surface area (Å²) in [4.78, 5) is 7.57. The summed E-state index contributed by atoms with van der Waals surface area (Å²) < 4.78 is 0. The van der Waals surface area contributed by atoms with Crippen molar-refractivity contribution in [2.45, 2.75) is 141 Å². The number of amidine groups is 1. The van der Waals surface area contributed by atoms with E-state index in [1.807, 2.05) is 6.21 Å². The number of hydrogen-bond acceptors (Lipinski definition) is 1. The summed E-state index contributed by atoms with van der Waals surface area (Å²) in [6.07, 6.45) is 15.2. The highest BCUT2D eigenvalue weighted by Gasteiger charge is 2.15. The summed E-state index contributed by atoms with van der Waals surface area (Å²) in [5, 5.41) is 6.70. The number of para-hydroxylation sites is 1. The molecule has 3 aromatic rings. The number of nitrogens with two attached hydrogens (primary N) is 2. The minimum absolute atomic E-state index is 0.352. The Morgan fingerprint density at radius 1 is 0.745 bits per heavy atom. The molecule has 0 atom stereocenters. The van der Waals surface area contributed by atoms with E-state index in [4.69, 9.17) is 11.1 Å². The van der Waals surface area contributed by atoms with Crippen LogP contribution in [0.25, 0.3) is 10.9 Å². The molecule has 0 saturated heterocycles. The predicted octanol–water partition coefficient (Wildman–Crippen LogP) is 10.8. The molecular weight excluding hydrogens is 573 g/mol. The Morgan fingerprint density at radius 2 is 1.32 bits per heavy atom. The number of aliphatic imine (C=N–C) groups is 1. The molecule has 4 rings (SSSR count). The van der Waals surface area contributed by atoms with E-state index >= 15 is 0 Å². The zero-order chi connectivity index (χ0) is 35.9. The summed E-state index contributed by atoms with van der Waals surface area (Å²) in [6, 6.07) is 17.3. The average Bonchev–Trinajstić information content (AvgIpc) is 3.56. The van der Waals surface area contributed by atoms with Gasteiger partial charge < -0.3 is 4.98 Å². The Kier molecular flexibility index (Phi) is 16.9. The summed E-state index contributed by atoms with van der Waals surface area (Å²) in [5.41, 5.74) is 13.6. The van der Waals surface area contributed by atoms with E-state index in [2.05, 4.69) is 161 Å². The maximum Gasteiger partial charge on any atom is 0.238 e. The van der Waals surface area contributed by atoms with Crippen LogP contribution in [-0.4, -0.2) is 17.0 Å². The molecule has 1 aromatic heterocycles. The van der Waals surface area contributed by atoms with Crippen LogP contribution in [0, 0.1) is 28.6 Å². The molecule has 47 heavy (non-hydrogen) atoms. The third-order valence-electron chi connectivity index (χ3n) is 7.32. The lowest BCUT2D eigenvalue weighted by Crippen LogP contribution is -2.45. The Hall–Kier alpha value is -3.14. The first kappa shape index (κ1) is 41.9.